The van der Waals surface area contributed by atoms with Crippen molar-refractivity contribution < 1.29 is 4.79 Å². The first-order valence-electron chi connectivity index (χ1n) is 10.2. The van der Waals surface area contributed by atoms with Crippen molar-refractivity contribution in [3.8, 4) is 0 Å². The van der Waals surface area contributed by atoms with E-state index >= 15 is 0 Å². The summed E-state index contributed by atoms with van der Waals surface area (Å²) >= 11 is 0. The Balaban J connectivity index is 1.86. The van der Waals surface area contributed by atoms with Gasteiger partial charge in [0.25, 0.3) is 5.91 Å². The number of amides is 1. The lowest BCUT2D eigenvalue weighted by Gasteiger charge is -2.37. The Morgan fingerprint density at radius 1 is 1.12 bits per heavy atom. The van der Waals surface area contributed by atoms with E-state index in [1.165, 1.54) is 5.56 Å². The first kappa shape index (κ1) is 19.2. The van der Waals surface area contributed by atoms with Crippen LogP contribution in [-0.4, -0.2) is 62.0 Å². The second-order valence-electron chi connectivity index (χ2n) is 8.76. The third kappa shape index (κ3) is 4.06. The Hall–Kier alpha value is -1.55. The zero-order valence-corrected chi connectivity index (χ0v) is 17.2. The second-order valence-corrected chi connectivity index (χ2v) is 8.76. The molecule has 1 aromatic rings. The summed E-state index contributed by atoms with van der Waals surface area (Å²) < 4.78 is 0. The number of hydrogen-bond donors (Lipinski definition) is 0. The highest BCUT2D eigenvalue weighted by atomic mass is 16.2. The van der Waals surface area contributed by atoms with Crippen molar-refractivity contribution in [1.29, 1.82) is 0 Å². The molecule has 0 N–H and O–H groups in total. The summed E-state index contributed by atoms with van der Waals surface area (Å²) in [6.45, 7) is 10.5. The third-order valence-electron chi connectivity index (χ3n) is 6.16. The Morgan fingerprint density at radius 2 is 1.81 bits per heavy atom. The molecule has 1 atom stereocenters. The number of carbonyl (C=O) groups excluding carboxylic acids is 1. The van der Waals surface area contributed by atoms with Crippen LogP contribution in [0.1, 0.15) is 61.9 Å². The Kier molecular flexibility index (Phi) is 5.91. The van der Waals surface area contributed by atoms with Crippen LogP contribution in [0.15, 0.2) is 18.2 Å². The minimum Gasteiger partial charge on any atom is -0.371 e. The summed E-state index contributed by atoms with van der Waals surface area (Å²) in [6.07, 6.45) is 3.44. The predicted octanol–water partition coefficient (Wildman–Crippen LogP) is 3.82. The molecule has 144 valence electrons. The highest BCUT2D eigenvalue weighted by Gasteiger charge is 2.29. The van der Waals surface area contributed by atoms with Crippen LogP contribution in [0, 0.1) is 5.92 Å². The monoisotopic (exact) mass is 357 g/mol. The van der Waals surface area contributed by atoms with Crippen LogP contribution in [0.2, 0.25) is 0 Å². The van der Waals surface area contributed by atoms with Crippen molar-refractivity contribution in [2.45, 2.75) is 52.0 Å². The lowest BCUT2D eigenvalue weighted by atomic mass is 9.97. The molecule has 0 spiro atoms. The van der Waals surface area contributed by atoms with E-state index in [2.05, 4.69) is 67.8 Å². The van der Waals surface area contributed by atoms with Crippen molar-refractivity contribution in [3.63, 3.8) is 0 Å². The predicted molar refractivity (Wildman–Crippen MR) is 109 cm³/mol. The molecule has 4 nitrogen and oxygen atoms in total. The van der Waals surface area contributed by atoms with Gasteiger partial charge in [0.2, 0.25) is 0 Å². The molecule has 1 unspecified atom stereocenters. The van der Waals surface area contributed by atoms with Crippen LogP contribution in [0.5, 0.6) is 0 Å². The maximum absolute atomic E-state index is 13.3. The maximum Gasteiger partial charge on any atom is 0.255 e. The van der Waals surface area contributed by atoms with Gasteiger partial charge in [0.1, 0.15) is 0 Å². The summed E-state index contributed by atoms with van der Waals surface area (Å²) in [7, 11) is 4.34. The molecule has 2 aliphatic heterocycles. The standard InChI is InChI=1S/C22H35N3O/c1-16(2)18-6-7-21(24-12-9-19(10-13-24)23(4)5)20(14-18)22(26)25-11-8-17(3)15-25/h6-7,14,16-17,19H,8-13,15H2,1-5H3. The normalized spacial score (nSPS) is 21.9. The first-order valence-corrected chi connectivity index (χ1v) is 10.2. The van der Waals surface area contributed by atoms with Crippen LogP contribution in [0.3, 0.4) is 0 Å². The molecule has 26 heavy (non-hydrogen) atoms. The maximum atomic E-state index is 13.3. The molecule has 1 amide bonds. The Labute approximate surface area is 159 Å². The summed E-state index contributed by atoms with van der Waals surface area (Å²) in [5, 5.41) is 0. The van der Waals surface area contributed by atoms with Gasteiger partial charge in [0.05, 0.1) is 5.56 Å². The fourth-order valence-electron chi connectivity index (χ4n) is 4.27. The van der Waals surface area contributed by atoms with Crippen molar-refractivity contribution in [3.05, 3.63) is 29.3 Å². The van der Waals surface area contributed by atoms with Crippen LogP contribution < -0.4 is 4.90 Å². The number of rotatable bonds is 4. The zero-order chi connectivity index (χ0) is 18.8. The number of likely N-dealkylation sites (tertiary alicyclic amines) is 1. The van der Waals surface area contributed by atoms with Crippen molar-refractivity contribution in [2.24, 2.45) is 5.92 Å². The van der Waals surface area contributed by atoms with Crippen LogP contribution in [-0.2, 0) is 0 Å². The molecule has 1 aromatic carbocycles. The number of piperidine rings is 1. The largest absolute Gasteiger partial charge is 0.371 e. The molecule has 0 aromatic heterocycles. The van der Waals surface area contributed by atoms with Gasteiger partial charge < -0.3 is 14.7 Å². The first-order chi connectivity index (χ1) is 12.4. The SMILES string of the molecule is CC1CCN(C(=O)c2cc(C(C)C)ccc2N2CCC(N(C)C)CC2)C1. The van der Waals surface area contributed by atoms with E-state index in [1.807, 2.05) is 0 Å². The van der Waals surface area contributed by atoms with E-state index < -0.39 is 0 Å². The van der Waals surface area contributed by atoms with Gasteiger partial charge in [0, 0.05) is 37.9 Å². The number of nitrogens with zero attached hydrogens (tertiary/aromatic N) is 3. The Bertz CT molecular complexity index is 632. The fourth-order valence-corrected chi connectivity index (χ4v) is 4.27. The van der Waals surface area contributed by atoms with Gasteiger partial charge in [-0.25, -0.2) is 0 Å². The van der Waals surface area contributed by atoms with Gasteiger partial charge in [-0.1, -0.05) is 26.8 Å². The third-order valence-corrected chi connectivity index (χ3v) is 6.16. The molecule has 2 aliphatic rings. The van der Waals surface area contributed by atoms with Crippen LogP contribution in [0.25, 0.3) is 0 Å². The van der Waals surface area contributed by atoms with E-state index in [0.29, 0.717) is 17.9 Å². The number of anilines is 1. The van der Waals surface area contributed by atoms with Crippen LogP contribution >= 0.6 is 0 Å². The van der Waals surface area contributed by atoms with Gasteiger partial charge in [-0.3, -0.25) is 4.79 Å². The van der Waals surface area contributed by atoms with Gasteiger partial charge in [-0.05, 0) is 62.9 Å². The van der Waals surface area contributed by atoms with Gasteiger partial charge in [-0.15, -0.1) is 0 Å². The number of benzene rings is 1. The zero-order valence-electron chi connectivity index (χ0n) is 17.2. The van der Waals surface area contributed by atoms with Gasteiger partial charge >= 0.3 is 0 Å². The van der Waals surface area contributed by atoms with Crippen molar-refractivity contribution in [2.75, 3.05) is 45.2 Å². The van der Waals surface area contributed by atoms with E-state index in [0.717, 1.165) is 56.7 Å². The molecule has 0 bridgehead atoms. The molecule has 3 rings (SSSR count). The molecular weight excluding hydrogens is 322 g/mol. The lowest BCUT2D eigenvalue weighted by molar-refractivity contribution is 0.0788. The average Bonchev–Trinajstić information content (AvgIpc) is 3.07. The van der Waals surface area contributed by atoms with Gasteiger partial charge in [-0.2, -0.15) is 0 Å². The summed E-state index contributed by atoms with van der Waals surface area (Å²) in [5.74, 6) is 1.28. The van der Waals surface area contributed by atoms with E-state index in [1.54, 1.807) is 0 Å². The van der Waals surface area contributed by atoms with E-state index in [9.17, 15) is 4.79 Å². The average molecular weight is 358 g/mol. The molecule has 2 fully saturated rings. The molecule has 4 heteroatoms. The van der Waals surface area contributed by atoms with E-state index in [4.69, 9.17) is 0 Å². The summed E-state index contributed by atoms with van der Waals surface area (Å²) in [5.41, 5.74) is 3.30. The quantitative estimate of drug-likeness (QED) is 0.819. The molecule has 0 radical (unpaired) electrons. The summed E-state index contributed by atoms with van der Waals surface area (Å²) in [4.78, 5) is 20.1. The summed E-state index contributed by atoms with van der Waals surface area (Å²) in [6, 6.07) is 7.21. The molecule has 0 aliphatic carbocycles. The van der Waals surface area contributed by atoms with Gasteiger partial charge in [0.15, 0.2) is 0 Å². The molecule has 0 saturated carbocycles. The highest BCUT2D eigenvalue weighted by Crippen LogP contribution is 2.30. The smallest absolute Gasteiger partial charge is 0.255 e. The topological polar surface area (TPSA) is 26.8 Å². The fraction of sp³-hybridized carbons (Fsp3) is 0.682. The number of hydrogen-bond acceptors (Lipinski definition) is 3. The minimum absolute atomic E-state index is 0.224. The molecule has 2 saturated heterocycles. The Morgan fingerprint density at radius 3 is 2.35 bits per heavy atom. The number of carbonyl (C=O) groups is 1. The van der Waals surface area contributed by atoms with Crippen LogP contribution in [0.4, 0.5) is 5.69 Å². The molecule has 2 heterocycles. The molecular formula is C22H35N3O. The van der Waals surface area contributed by atoms with Crippen molar-refractivity contribution >= 4 is 11.6 Å². The minimum atomic E-state index is 0.224. The lowest BCUT2D eigenvalue weighted by Crippen LogP contribution is -2.42. The second kappa shape index (κ2) is 7.99. The highest BCUT2D eigenvalue weighted by molar-refractivity contribution is 6.00. The van der Waals surface area contributed by atoms with Crippen molar-refractivity contribution in [1.82, 2.24) is 9.80 Å². The van der Waals surface area contributed by atoms with E-state index in [-0.39, 0.29) is 5.91 Å².